The standard InChI is InChI=1S/C18H15Cl3N2O3/c1-18(2)17(25)23(14-8-11(20)4-6-15(14)26-18)9-16(24)22-13-7-10(19)3-5-12(13)21/h3-8H,9H2,1-2H3,(H,22,24). The third kappa shape index (κ3) is 3.75. The minimum atomic E-state index is -1.10. The number of nitrogens with zero attached hydrogens (tertiary/aromatic N) is 1. The number of carbonyl (C=O) groups is 2. The normalized spacial score (nSPS) is 15.3. The summed E-state index contributed by atoms with van der Waals surface area (Å²) in [6.07, 6.45) is 0. The number of fused-ring (bicyclic) bond motifs is 1. The Morgan fingerprint density at radius 2 is 1.77 bits per heavy atom. The lowest BCUT2D eigenvalue weighted by molar-refractivity contribution is -0.133. The fourth-order valence-electron chi connectivity index (χ4n) is 2.62. The first-order valence-electron chi connectivity index (χ1n) is 7.73. The SMILES string of the molecule is CC1(C)Oc2ccc(Cl)cc2N(CC(=O)Nc2cc(Cl)ccc2Cl)C1=O. The van der Waals surface area contributed by atoms with Gasteiger partial charge >= 0.3 is 0 Å². The molecule has 26 heavy (non-hydrogen) atoms. The van der Waals surface area contributed by atoms with Crippen LogP contribution in [0.15, 0.2) is 36.4 Å². The van der Waals surface area contributed by atoms with Crippen LogP contribution in [0.1, 0.15) is 13.8 Å². The molecule has 0 aromatic heterocycles. The number of rotatable bonds is 3. The predicted molar refractivity (Wildman–Crippen MR) is 104 cm³/mol. The van der Waals surface area contributed by atoms with E-state index < -0.39 is 11.5 Å². The van der Waals surface area contributed by atoms with Crippen LogP contribution < -0.4 is 15.0 Å². The molecule has 0 atom stereocenters. The van der Waals surface area contributed by atoms with Crippen LogP contribution >= 0.6 is 34.8 Å². The summed E-state index contributed by atoms with van der Waals surface area (Å²) < 4.78 is 5.73. The summed E-state index contributed by atoms with van der Waals surface area (Å²) in [7, 11) is 0. The quantitative estimate of drug-likeness (QED) is 0.787. The summed E-state index contributed by atoms with van der Waals surface area (Å²) in [5.74, 6) is -0.293. The molecule has 0 radical (unpaired) electrons. The molecule has 1 aliphatic heterocycles. The Hall–Kier alpha value is -1.95. The van der Waals surface area contributed by atoms with Gasteiger partial charge in [0.25, 0.3) is 5.91 Å². The van der Waals surface area contributed by atoms with Gasteiger partial charge in [0.1, 0.15) is 12.3 Å². The van der Waals surface area contributed by atoms with Crippen LogP contribution in [0.2, 0.25) is 15.1 Å². The van der Waals surface area contributed by atoms with Crippen LogP contribution in [0, 0.1) is 0 Å². The second kappa shape index (κ2) is 6.99. The summed E-state index contributed by atoms with van der Waals surface area (Å²) in [6, 6.07) is 9.66. The van der Waals surface area contributed by atoms with E-state index in [1.54, 1.807) is 44.2 Å². The Kier molecular flexibility index (Phi) is 5.06. The van der Waals surface area contributed by atoms with E-state index in [-0.39, 0.29) is 12.5 Å². The van der Waals surface area contributed by atoms with Crippen molar-refractivity contribution in [3.05, 3.63) is 51.5 Å². The highest BCUT2D eigenvalue weighted by Crippen LogP contribution is 2.39. The Morgan fingerprint density at radius 1 is 1.12 bits per heavy atom. The number of benzene rings is 2. The van der Waals surface area contributed by atoms with Gasteiger partial charge in [0, 0.05) is 10.0 Å². The Labute approximate surface area is 165 Å². The maximum Gasteiger partial charge on any atom is 0.271 e. The molecular formula is C18H15Cl3N2O3. The van der Waals surface area contributed by atoms with Gasteiger partial charge in [-0.1, -0.05) is 34.8 Å². The van der Waals surface area contributed by atoms with E-state index in [0.717, 1.165) is 0 Å². The lowest BCUT2D eigenvalue weighted by Gasteiger charge is -2.38. The van der Waals surface area contributed by atoms with E-state index in [4.69, 9.17) is 39.5 Å². The summed E-state index contributed by atoms with van der Waals surface area (Å²) >= 11 is 18.0. The molecule has 2 amide bonds. The van der Waals surface area contributed by atoms with E-state index in [1.165, 1.54) is 11.0 Å². The molecule has 0 unspecified atom stereocenters. The molecular weight excluding hydrogens is 399 g/mol. The zero-order chi connectivity index (χ0) is 19.1. The second-order valence-electron chi connectivity index (χ2n) is 6.29. The molecule has 1 heterocycles. The van der Waals surface area contributed by atoms with Gasteiger partial charge < -0.3 is 10.1 Å². The van der Waals surface area contributed by atoms with Crippen LogP contribution in [0.5, 0.6) is 5.75 Å². The molecule has 1 N–H and O–H groups in total. The van der Waals surface area contributed by atoms with E-state index in [1.807, 2.05) is 0 Å². The summed E-state index contributed by atoms with van der Waals surface area (Å²) in [5.41, 5.74) is -0.293. The molecule has 2 aromatic carbocycles. The molecule has 1 aliphatic rings. The highest BCUT2D eigenvalue weighted by molar-refractivity contribution is 6.35. The fraction of sp³-hybridized carbons (Fsp3) is 0.222. The molecule has 0 saturated carbocycles. The third-order valence-electron chi connectivity index (χ3n) is 3.84. The van der Waals surface area contributed by atoms with E-state index in [2.05, 4.69) is 5.32 Å². The van der Waals surface area contributed by atoms with Crippen molar-refractivity contribution in [2.75, 3.05) is 16.8 Å². The number of hydrogen-bond donors (Lipinski definition) is 1. The minimum absolute atomic E-state index is 0.220. The van der Waals surface area contributed by atoms with Crippen LogP contribution in [0.3, 0.4) is 0 Å². The van der Waals surface area contributed by atoms with Crippen LogP contribution in [-0.4, -0.2) is 24.0 Å². The van der Waals surface area contributed by atoms with Gasteiger partial charge in [0.05, 0.1) is 16.4 Å². The summed E-state index contributed by atoms with van der Waals surface area (Å²) in [6.45, 7) is 3.07. The van der Waals surface area contributed by atoms with Gasteiger partial charge in [-0.2, -0.15) is 0 Å². The number of nitrogens with one attached hydrogen (secondary N) is 1. The number of hydrogen-bond acceptors (Lipinski definition) is 3. The van der Waals surface area contributed by atoms with Crippen molar-refractivity contribution >= 4 is 58.0 Å². The lowest BCUT2D eigenvalue weighted by Crippen LogP contribution is -2.54. The molecule has 8 heteroatoms. The molecule has 0 aliphatic carbocycles. The molecule has 0 bridgehead atoms. The van der Waals surface area contributed by atoms with Crippen molar-refractivity contribution in [2.24, 2.45) is 0 Å². The van der Waals surface area contributed by atoms with Crippen molar-refractivity contribution in [3.8, 4) is 5.75 Å². The first kappa shape index (κ1) is 18.8. The van der Waals surface area contributed by atoms with Gasteiger partial charge in [-0.25, -0.2) is 0 Å². The average Bonchev–Trinajstić information content (AvgIpc) is 2.56. The molecule has 0 fully saturated rings. The van der Waals surface area contributed by atoms with Gasteiger partial charge in [0.15, 0.2) is 5.60 Å². The Bertz CT molecular complexity index is 899. The molecule has 0 saturated heterocycles. The van der Waals surface area contributed by atoms with Gasteiger partial charge in [-0.05, 0) is 50.2 Å². The lowest BCUT2D eigenvalue weighted by atomic mass is 10.0. The van der Waals surface area contributed by atoms with Crippen molar-refractivity contribution in [2.45, 2.75) is 19.4 Å². The van der Waals surface area contributed by atoms with Crippen molar-refractivity contribution in [1.29, 1.82) is 0 Å². The minimum Gasteiger partial charge on any atom is -0.476 e. The van der Waals surface area contributed by atoms with Gasteiger partial charge in [-0.3, -0.25) is 14.5 Å². The van der Waals surface area contributed by atoms with Gasteiger partial charge in [0.2, 0.25) is 5.91 Å². The van der Waals surface area contributed by atoms with E-state index >= 15 is 0 Å². The van der Waals surface area contributed by atoms with Crippen molar-refractivity contribution in [3.63, 3.8) is 0 Å². The smallest absolute Gasteiger partial charge is 0.271 e. The van der Waals surface area contributed by atoms with Gasteiger partial charge in [-0.15, -0.1) is 0 Å². The third-order valence-corrected chi connectivity index (χ3v) is 4.64. The molecule has 0 spiro atoms. The summed E-state index contributed by atoms with van der Waals surface area (Å²) in [4.78, 5) is 26.6. The second-order valence-corrected chi connectivity index (χ2v) is 7.57. The molecule has 5 nitrogen and oxygen atoms in total. The highest BCUT2D eigenvalue weighted by atomic mass is 35.5. The van der Waals surface area contributed by atoms with E-state index in [0.29, 0.717) is 32.2 Å². The molecule has 136 valence electrons. The molecule has 3 rings (SSSR count). The van der Waals surface area contributed by atoms with Crippen molar-refractivity contribution < 1.29 is 14.3 Å². The summed E-state index contributed by atoms with van der Waals surface area (Å²) in [5, 5.41) is 3.88. The fourth-order valence-corrected chi connectivity index (χ4v) is 3.13. The molecule has 2 aromatic rings. The number of ether oxygens (including phenoxy) is 1. The van der Waals surface area contributed by atoms with Crippen LogP contribution in [0.25, 0.3) is 0 Å². The Balaban J connectivity index is 1.88. The van der Waals surface area contributed by atoms with E-state index in [9.17, 15) is 9.59 Å². The van der Waals surface area contributed by atoms with Crippen molar-refractivity contribution in [1.82, 2.24) is 0 Å². The largest absolute Gasteiger partial charge is 0.476 e. The highest BCUT2D eigenvalue weighted by Gasteiger charge is 2.41. The predicted octanol–water partition coefficient (Wildman–Crippen LogP) is 4.79. The zero-order valence-corrected chi connectivity index (χ0v) is 16.2. The van der Waals surface area contributed by atoms with Crippen LogP contribution in [0.4, 0.5) is 11.4 Å². The maximum absolute atomic E-state index is 12.8. The Morgan fingerprint density at radius 3 is 2.50 bits per heavy atom. The number of anilines is 2. The first-order chi connectivity index (χ1) is 12.2. The maximum atomic E-state index is 12.8. The average molecular weight is 414 g/mol. The number of carbonyl (C=O) groups excluding carboxylic acids is 2. The first-order valence-corrected chi connectivity index (χ1v) is 8.86. The number of amides is 2. The topological polar surface area (TPSA) is 58.6 Å². The zero-order valence-electron chi connectivity index (χ0n) is 14.0. The number of halogens is 3. The monoisotopic (exact) mass is 412 g/mol. The van der Waals surface area contributed by atoms with Crippen LogP contribution in [-0.2, 0) is 9.59 Å².